The molecule has 0 fully saturated rings. The summed E-state index contributed by atoms with van der Waals surface area (Å²) in [5.41, 5.74) is 0. The van der Waals surface area contributed by atoms with Gasteiger partial charge in [-0.25, -0.2) is 0 Å². The Morgan fingerprint density at radius 2 is 1.36 bits per heavy atom. The summed E-state index contributed by atoms with van der Waals surface area (Å²) in [5.74, 6) is 1.69. The first-order chi connectivity index (χ1) is 6.45. The van der Waals surface area contributed by atoms with Crippen molar-refractivity contribution < 1.29 is 25.8 Å². The summed E-state index contributed by atoms with van der Waals surface area (Å²) in [7, 11) is 0. The molecule has 2 heteroatoms. The minimum atomic E-state index is 0. The number of ether oxygens (including phenoxy) is 1. The molecule has 0 aromatic heterocycles. The summed E-state index contributed by atoms with van der Waals surface area (Å²) < 4.78 is 5.56. The minimum absolute atomic E-state index is 0. The van der Waals surface area contributed by atoms with Crippen molar-refractivity contribution in [1.82, 2.24) is 0 Å². The van der Waals surface area contributed by atoms with Crippen LogP contribution in [0.1, 0.15) is 0 Å². The van der Waals surface area contributed by atoms with Gasteiger partial charge in [-0.05, 0) is 12.1 Å². The molecule has 0 spiro atoms. The van der Waals surface area contributed by atoms with E-state index in [0.29, 0.717) is 0 Å². The predicted molar refractivity (Wildman–Crippen MR) is 51.8 cm³/mol. The fourth-order valence-electron chi connectivity index (χ4n) is 1.06. The summed E-state index contributed by atoms with van der Waals surface area (Å²) >= 11 is 0. The van der Waals surface area contributed by atoms with Gasteiger partial charge in [-0.1, -0.05) is 18.2 Å². The zero-order chi connectivity index (χ0) is 8.93. The molecule has 0 heterocycles. The van der Waals surface area contributed by atoms with Crippen LogP contribution in [-0.4, -0.2) is 0 Å². The molecular formula is C12H9OPt-. The van der Waals surface area contributed by atoms with E-state index in [-0.39, 0.29) is 21.1 Å². The molecular weight excluding hydrogens is 355 g/mol. The molecule has 0 aliphatic rings. The fourth-order valence-corrected chi connectivity index (χ4v) is 1.06. The predicted octanol–water partition coefficient (Wildman–Crippen LogP) is 3.28. The summed E-state index contributed by atoms with van der Waals surface area (Å²) in [5, 5.41) is 0. The van der Waals surface area contributed by atoms with Gasteiger partial charge in [0.2, 0.25) is 0 Å². The van der Waals surface area contributed by atoms with Crippen LogP contribution in [0.4, 0.5) is 0 Å². The average molecular weight is 364 g/mol. The Morgan fingerprint density at radius 3 is 2.00 bits per heavy atom. The van der Waals surface area contributed by atoms with Gasteiger partial charge < -0.3 is 4.74 Å². The molecule has 74 valence electrons. The SMILES string of the molecule is [Pt].[c-]1ccc(Oc2ccccc2)cc1. The van der Waals surface area contributed by atoms with E-state index in [4.69, 9.17) is 4.74 Å². The van der Waals surface area contributed by atoms with Crippen molar-refractivity contribution in [3.05, 3.63) is 60.7 Å². The zero-order valence-corrected chi connectivity index (χ0v) is 9.69. The Kier molecular flexibility index (Phi) is 4.41. The minimum Gasteiger partial charge on any atom is -0.483 e. The van der Waals surface area contributed by atoms with Gasteiger partial charge in [-0.15, -0.1) is 12.1 Å². The van der Waals surface area contributed by atoms with Crippen molar-refractivity contribution in [2.45, 2.75) is 0 Å². The third-order valence-electron chi connectivity index (χ3n) is 1.67. The van der Waals surface area contributed by atoms with Crippen molar-refractivity contribution in [2.24, 2.45) is 0 Å². The number of hydrogen-bond donors (Lipinski definition) is 0. The van der Waals surface area contributed by atoms with Crippen molar-refractivity contribution in [3.8, 4) is 11.5 Å². The van der Waals surface area contributed by atoms with E-state index in [2.05, 4.69) is 6.07 Å². The Labute approximate surface area is 98.0 Å². The molecule has 0 amide bonds. The second-order valence-electron chi connectivity index (χ2n) is 2.65. The topological polar surface area (TPSA) is 9.23 Å². The molecule has 0 aliphatic heterocycles. The van der Waals surface area contributed by atoms with E-state index >= 15 is 0 Å². The van der Waals surface area contributed by atoms with Crippen molar-refractivity contribution in [3.63, 3.8) is 0 Å². The molecule has 0 saturated heterocycles. The Balaban J connectivity index is 0.000000980. The van der Waals surface area contributed by atoms with Crippen LogP contribution in [0.2, 0.25) is 0 Å². The van der Waals surface area contributed by atoms with Gasteiger partial charge in [0.05, 0.1) is 0 Å². The summed E-state index contributed by atoms with van der Waals surface area (Å²) in [6.07, 6.45) is 0. The maximum Gasteiger partial charge on any atom is 0.124 e. The standard InChI is InChI=1S/C12H9O.Pt/c1-3-7-11(8-4-1)13-12-9-5-2-6-10-12;/h1,3-10H;/q-1;. The van der Waals surface area contributed by atoms with Gasteiger partial charge in [0.25, 0.3) is 0 Å². The monoisotopic (exact) mass is 364 g/mol. The van der Waals surface area contributed by atoms with Crippen LogP contribution in [0.25, 0.3) is 0 Å². The van der Waals surface area contributed by atoms with Crippen molar-refractivity contribution in [1.29, 1.82) is 0 Å². The first kappa shape index (κ1) is 11.0. The summed E-state index contributed by atoms with van der Waals surface area (Å²) in [6.45, 7) is 0. The van der Waals surface area contributed by atoms with E-state index in [1.165, 1.54) is 0 Å². The van der Waals surface area contributed by atoms with Gasteiger partial charge in [-0.2, -0.15) is 18.2 Å². The van der Waals surface area contributed by atoms with Crippen LogP contribution in [0.5, 0.6) is 11.5 Å². The van der Waals surface area contributed by atoms with Crippen LogP contribution in [-0.2, 0) is 21.1 Å². The van der Waals surface area contributed by atoms with Crippen LogP contribution >= 0.6 is 0 Å². The average Bonchev–Trinajstić information content (AvgIpc) is 2.21. The van der Waals surface area contributed by atoms with Crippen molar-refractivity contribution >= 4 is 0 Å². The molecule has 0 unspecified atom stereocenters. The molecule has 1 nitrogen and oxygen atoms in total. The number of benzene rings is 2. The van der Waals surface area contributed by atoms with Gasteiger partial charge in [0, 0.05) is 26.8 Å². The Morgan fingerprint density at radius 1 is 0.786 bits per heavy atom. The third-order valence-corrected chi connectivity index (χ3v) is 1.67. The molecule has 0 radical (unpaired) electrons. The smallest absolute Gasteiger partial charge is 0.124 e. The Hall–Kier alpha value is -1.07. The molecule has 0 atom stereocenters. The van der Waals surface area contributed by atoms with Crippen LogP contribution in [0.15, 0.2) is 54.6 Å². The second-order valence-corrected chi connectivity index (χ2v) is 2.65. The molecule has 2 aromatic rings. The maximum atomic E-state index is 5.56. The van der Waals surface area contributed by atoms with Gasteiger partial charge >= 0.3 is 0 Å². The molecule has 0 N–H and O–H groups in total. The van der Waals surface area contributed by atoms with Crippen molar-refractivity contribution in [2.75, 3.05) is 0 Å². The van der Waals surface area contributed by atoms with Crippen LogP contribution in [0.3, 0.4) is 0 Å². The summed E-state index contributed by atoms with van der Waals surface area (Å²) in [4.78, 5) is 0. The first-order valence-electron chi connectivity index (χ1n) is 4.14. The van der Waals surface area contributed by atoms with Gasteiger partial charge in [0.15, 0.2) is 0 Å². The molecule has 14 heavy (non-hydrogen) atoms. The van der Waals surface area contributed by atoms with E-state index in [1.54, 1.807) is 0 Å². The Bertz CT molecular complexity index is 321. The number of para-hydroxylation sites is 1. The van der Waals surface area contributed by atoms with E-state index in [0.717, 1.165) is 11.5 Å². The largest absolute Gasteiger partial charge is 0.483 e. The van der Waals surface area contributed by atoms with E-state index in [1.807, 2.05) is 54.6 Å². The summed E-state index contributed by atoms with van der Waals surface area (Å²) in [6, 6.07) is 20.1. The maximum absolute atomic E-state index is 5.56. The van der Waals surface area contributed by atoms with E-state index < -0.39 is 0 Å². The van der Waals surface area contributed by atoms with E-state index in [9.17, 15) is 0 Å². The zero-order valence-electron chi connectivity index (χ0n) is 7.42. The number of rotatable bonds is 2. The normalized spacial score (nSPS) is 8.86. The fraction of sp³-hybridized carbons (Fsp3) is 0. The van der Waals surface area contributed by atoms with Gasteiger partial charge in [0.1, 0.15) is 5.75 Å². The second kappa shape index (κ2) is 5.61. The first-order valence-corrected chi connectivity index (χ1v) is 4.14. The molecule has 2 rings (SSSR count). The third kappa shape index (κ3) is 3.01. The molecule has 0 saturated carbocycles. The van der Waals surface area contributed by atoms with Crippen LogP contribution in [0, 0.1) is 6.07 Å². The van der Waals surface area contributed by atoms with Gasteiger partial charge in [-0.3, -0.25) is 0 Å². The van der Waals surface area contributed by atoms with Crippen LogP contribution < -0.4 is 4.74 Å². The number of hydrogen-bond acceptors (Lipinski definition) is 1. The molecule has 0 bridgehead atoms. The molecule has 2 aromatic carbocycles. The molecule has 0 aliphatic carbocycles. The quantitative estimate of drug-likeness (QED) is 0.744.